The molecule has 0 bridgehead atoms. The van der Waals surface area contributed by atoms with Crippen LogP contribution in [0.5, 0.6) is 5.75 Å². The summed E-state index contributed by atoms with van der Waals surface area (Å²) in [5, 5.41) is 3.27. The third-order valence-electron chi connectivity index (χ3n) is 2.99. The van der Waals surface area contributed by atoms with Crippen molar-refractivity contribution in [2.24, 2.45) is 5.92 Å². The predicted molar refractivity (Wildman–Crippen MR) is 73.3 cm³/mol. The summed E-state index contributed by atoms with van der Waals surface area (Å²) in [6.07, 6.45) is 2.16. The topological polar surface area (TPSA) is 21.3 Å². The van der Waals surface area contributed by atoms with Crippen molar-refractivity contribution in [1.29, 1.82) is 0 Å². The van der Waals surface area contributed by atoms with E-state index in [1.165, 1.54) is 6.07 Å². The molecule has 0 amide bonds. The van der Waals surface area contributed by atoms with Gasteiger partial charge in [-0.3, -0.25) is 0 Å². The lowest BCUT2D eigenvalue weighted by Gasteiger charge is -2.15. The zero-order chi connectivity index (χ0) is 13.4. The van der Waals surface area contributed by atoms with Gasteiger partial charge in [-0.25, -0.2) is 4.39 Å². The van der Waals surface area contributed by atoms with Crippen molar-refractivity contribution < 1.29 is 9.13 Å². The first-order valence-corrected chi connectivity index (χ1v) is 6.79. The highest BCUT2D eigenvalue weighted by molar-refractivity contribution is 5.33. The summed E-state index contributed by atoms with van der Waals surface area (Å²) in [4.78, 5) is 0. The standard InChI is InChI=1S/C15H24FNO/c1-4-8-17-10-13-9-14(16)6-7-15(13)18-11-12(3)5-2/h6-7,9,12,17H,4-5,8,10-11H2,1-3H3. The molecule has 1 aromatic rings. The van der Waals surface area contributed by atoms with Crippen LogP contribution in [0.25, 0.3) is 0 Å². The second-order valence-corrected chi connectivity index (χ2v) is 4.75. The van der Waals surface area contributed by atoms with Crippen molar-refractivity contribution in [2.75, 3.05) is 13.2 Å². The molecule has 0 saturated heterocycles. The Balaban J connectivity index is 2.63. The summed E-state index contributed by atoms with van der Waals surface area (Å²) in [6.45, 7) is 8.67. The molecule has 0 heterocycles. The van der Waals surface area contributed by atoms with Gasteiger partial charge in [0, 0.05) is 12.1 Å². The second kappa shape index (κ2) is 8.09. The molecule has 1 atom stereocenters. The lowest BCUT2D eigenvalue weighted by Crippen LogP contribution is -2.16. The Hall–Kier alpha value is -1.09. The van der Waals surface area contributed by atoms with E-state index in [0.29, 0.717) is 19.1 Å². The molecular formula is C15H24FNO. The molecule has 3 heteroatoms. The van der Waals surface area contributed by atoms with E-state index < -0.39 is 0 Å². The molecule has 1 aromatic carbocycles. The highest BCUT2D eigenvalue weighted by atomic mass is 19.1. The van der Waals surface area contributed by atoms with E-state index in [4.69, 9.17) is 4.74 Å². The van der Waals surface area contributed by atoms with E-state index in [2.05, 4.69) is 26.1 Å². The summed E-state index contributed by atoms with van der Waals surface area (Å²) in [7, 11) is 0. The minimum absolute atomic E-state index is 0.209. The molecule has 102 valence electrons. The molecule has 1 rings (SSSR count). The molecular weight excluding hydrogens is 229 g/mol. The largest absolute Gasteiger partial charge is 0.493 e. The highest BCUT2D eigenvalue weighted by Crippen LogP contribution is 2.20. The predicted octanol–water partition coefficient (Wildman–Crippen LogP) is 3.75. The summed E-state index contributed by atoms with van der Waals surface area (Å²) < 4.78 is 19.0. The molecule has 0 saturated carbocycles. The Morgan fingerprint density at radius 1 is 1.33 bits per heavy atom. The fraction of sp³-hybridized carbons (Fsp3) is 0.600. The normalized spacial score (nSPS) is 12.4. The van der Waals surface area contributed by atoms with Crippen LogP contribution < -0.4 is 10.1 Å². The van der Waals surface area contributed by atoms with Gasteiger partial charge in [0.1, 0.15) is 11.6 Å². The van der Waals surface area contributed by atoms with E-state index >= 15 is 0 Å². The van der Waals surface area contributed by atoms with Crippen LogP contribution >= 0.6 is 0 Å². The maximum Gasteiger partial charge on any atom is 0.123 e. The van der Waals surface area contributed by atoms with Gasteiger partial charge < -0.3 is 10.1 Å². The Kier molecular flexibility index (Phi) is 6.73. The van der Waals surface area contributed by atoms with Gasteiger partial charge in [-0.15, -0.1) is 0 Å². The first-order chi connectivity index (χ1) is 8.67. The highest BCUT2D eigenvalue weighted by Gasteiger charge is 2.07. The molecule has 1 N–H and O–H groups in total. The summed E-state index contributed by atoms with van der Waals surface area (Å²) >= 11 is 0. The zero-order valence-corrected chi connectivity index (χ0v) is 11.6. The lowest BCUT2D eigenvalue weighted by atomic mass is 10.1. The first-order valence-electron chi connectivity index (χ1n) is 6.79. The van der Waals surface area contributed by atoms with Gasteiger partial charge in [-0.1, -0.05) is 27.2 Å². The Labute approximate surface area is 110 Å². The van der Waals surface area contributed by atoms with Crippen molar-refractivity contribution in [3.63, 3.8) is 0 Å². The van der Waals surface area contributed by atoms with Crippen LogP contribution in [-0.2, 0) is 6.54 Å². The third-order valence-corrected chi connectivity index (χ3v) is 2.99. The van der Waals surface area contributed by atoms with Gasteiger partial charge in [0.25, 0.3) is 0 Å². The quantitative estimate of drug-likeness (QED) is 0.712. The molecule has 0 fully saturated rings. The van der Waals surface area contributed by atoms with E-state index in [9.17, 15) is 4.39 Å². The minimum Gasteiger partial charge on any atom is -0.493 e. The SMILES string of the molecule is CCCNCc1cc(F)ccc1OCC(C)CC. The Bertz CT molecular complexity index is 354. The maximum atomic E-state index is 13.2. The van der Waals surface area contributed by atoms with Gasteiger partial charge in [0.2, 0.25) is 0 Å². The molecule has 0 spiro atoms. The summed E-state index contributed by atoms with van der Waals surface area (Å²) in [5.74, 6) is 1.10. The van der Waals surface area contributed by atoms with Gasteiger partial charge in [-0.2, -0.15) is 0 Å². The average molecular weight is 253 g/mol. The van der Waals surface area contributed by atoms with Crippen molar-refractivity contribution in [2.45, 2.75) is 40.2 Å². The van der Waals surface area contributed by atoms with E-state index in [-0.39, 0.29) is 5.82 Å². The number of nitrogens with one attached hydrogen (secondary N) is 1. The summed E-state index contributed by atoms with van der Waals surface area (Å²) in [6, 6.07) is 4.73. The number of hydrogen-bond donors (Lipinski definition) is 1. The van der Waals surface area contributed by atoms with Crippen LogP contribution in [0.15, 0.2) is 18.2 Å². The van der Waals surface area contributed by atoms with Gasteiger partial charge in [0.15, 0.2) is 0 Å². The second-order valence-electron chi connectivity index (χ2n) is 4.75. The molecule has 2 nitrogen and oxygen atoms in total. The van der Waals surface area contributed by atoms with E-state index in [0.717, 1.165) is 30.7 Å². The van der Waals surface area contributed by atoms with Crippen molar-refractivity contribution in [3.05, 3.63) is 29.6 Å². The molecule has 0 aliphatic heterocycles. The molecule has 0 radical (unpaired) electrons. The van der Waals surface area contributed by atoms with Crippen molar-refractivity contribution >= 4 is 0 Å². The van der Waals surface area contributed by atoms with Crippen LogP contribution in [0.1, 0.15) is 39.2 Å². The smallest absolute Gasteiger partial charge is 0.123 e. The third kappa shape index (κ3) is 5.05. The van der Waals surface area contributed by atoms with Crippen LogP contribution in [0.2, 0.25) is 0 Å². The van der Waals surface area contributed by atoms with Gasteiger partial charge in [-0.05, 0) is 37.1 Å². The Morgan fingerprint density at radius 2 is 2.11 bits per heavy atom. The molecule has 1 unspecified atom stereocenters. The van der Waals surface area contributed by atoms with Crippen LogP contribution in [0.3, 0.4) is 0 Å². The summed E-state index contributed by atoms with van der Waals surface area (Å²) in [5.41, 5.74) is 0.895. The first kappa shape index (κ1) is 15.0. The van der Waals surface area contributed by atoms with Gasteiger partial charge >= 0.3 is 0 Å². The number of benzene rings is 1. The van der Waals surface area contributed by atoms with Crippen LogP contribution in [-0.4, -0.2) is 13.2 Å². The van der Waals surface area contributed by atoms with Crippen LogP contribution in [0.4, 0.5) is 4.39 Å². The van der Waals surface area contributed by atoms with Crippen LogP contribution in [0, 0.1) is 11.7 Å². The van der Waals surface area contributed by atoms with E-state index in [1.54, 1.807) is 12.1 Å². The Morgan fingerprint density at radius 3 is 2.78 bits per heavy atom. The fourth-order valence-corrected chi connectivity index (χ4v) is 1.58. The minimum atomic E-state index is -0.209. The number of halogens is 1. The number of rotatable bonds is 8. The molecule has 0 aromatic heterocycles. The lowest BCUT2D eigenvalue weighted by molar-refractivity contribution is 0.253. The monoisotopic (exact) mass is 253 g/mol. The van der Waals surface area contributed by atoms with Crippen molar-refractivity contribution in [3.8, 4) is 5.75 Å². The molecule has 0 aliphatic carbocycles. The van der Waals surface area contributed by atoms with Crippen molar-refractivity contribution in [1.82, 2.24) is 5.32 Å². The maximum absolute atomic E-state index is 13.2. The molecule has 18 heavy (non-hydrogen) atoms. The fourth-order valence-electron chi connectivity index (χ4n) is 1.58. The molecule has 0 aliphatic rings. The number of hydrogen-bond acceptors (Lipinski definition) is 2. The zero-order valence-electron chi connectivity index (χ0n) is 11.6. The number of ether oxygens (including phenoxy) is 1. The van der Waals surface area contributed by atoms with Gasteiger partial charge in [0.05, 0.1) is 6.61 Å². The average Bonchev–Trinajstić information content (AvgIpc) is 2.37. The van der Waals surface area contributed by atoms with E-state index in [1.807, 2.05) is 0 Å².